The Balaban J connectivity index is 0.00000450. The summed E-state index contributed by atoms with van der Waals surface area (Å²) >= 11 is 5.85. The minimum Gasteiger partial charge on any atom is -0.388 e. The molecule has 2 rings (SSSR count). The van der Waals surface area contributed by atoms with E-state index in [0.717, 1.165) is 5.56 Å². The lowest BCUT2D eigenvalue weighted by Gasteiger charge is -2.13. The molecule has 0 heterocycles. The third-order valence-corrected chi connectivity index (χ3v) is 5.71. The molecule has 0 amide bonds. The number of hydrogen-bond acceptors (Lipinski definition) is 4. The van der Waals surface area contributed by atoms with Crippen molar-refractivity contribution in [2.24, 2.45) is 4.99 Å². The predicted octanol–water partition coefficient (Wildman–Crippen LogP) is 2.92. The Morgan fingerprint density at radius 1 is 1.10 bits per heavy atom. The molecule has 0 saturated heterocycles. The summed E-state index contributed by atoms with van der Waals surface area (Å²) in [7, 11) is -3.62. The van der Waals surface area contributed by atoms with Crippen LogP contribution in [0.4, 0.5) is 0 Å². The van der Waals surface area contributed by atoms with Crippen molar-refractivity contribution in [3.63, 3.8) is 0 Å². The van der Waals surface area contributed by atoms with E-state index < -0.39 is 16.1 Å². The zero-order chi connectivity index (χ0) is 21.1. The number of nitrogens with one attached hydrogen (secondary N) is 3. The van der Waals surface area contributed by atoms with Gasteiger partial charge in [0.05, 0.1) is 11.0 Å². The van der Waals surface area contributed by atoms with Crippen molar-refractivity contribution in [2.45, 2.75) is 24.3 Å². The number of rotatable bonds is 10. The van der Waals surface area contributed by atoms with Crippen molar-refractivity contribution in [1.29, 1.82) is 0 Å². The summed E-state index contributed by atoms with van der Waals surface area (Å²) in [4.78, 5) is 4.55. The van der Waals surface area contributed by atoms with Gasteiger partial charge < -0.3 is 15.7 Å². The fraction of sp³-hybridized carbons (Fsp3) is 0.350. The lowest BCUT2D eigenvalue weighted by molar-refractivity contribution is 0.170. The molecule has 10 heteroatoms. The molecule has 0 bridgehead atoms. The van der Waals surface area contributed by atoms with Gasteiger partial charge in [0.1, 0.15) is 0 Å². The fourth-order valence-electron chi connectivity index (χ4n) is 2.57. The van der Waals surface area contributed by atoms with Gasteiger partial charge in [0.25, 0.3) is 0 Å². The summed E-state index contributed by atoms with van der Waals surface area (Å²) < 4.78 is 27.1. The minimum atomic E-state index is -3.62. The second kappa shape index (κ2) is 13.8. The molecule has 0 aliphatic rings. The molecule has 7 nitrogen and oxygen atoms in total. The van der Waals surface area contributed by atoms with E-state index in [1.165, 1.54) is 12.1 Å². The highest BCUT2D eigenvalue weighted by molar-refractivity contribution is 14.0. The summed E-state index contributed by atoms with van der Waals surface area (Å²) in [6.07, 6.45) is -0.0885. The molecule has 0 aromatic heterocycles. The standard InChI is InChI=1S/C20H27ClN4O3S.HI/c1-2-22-20(23-12-11-19(26)16-7-4-3-5-8-16)24-13-14-25-29(27,28)18-10-6-9-17(21)15-18;/h3-10,15,19,25-26H,2,11-14H2,1H3,(H2,22,23,24);1H. The van der Waals surface area contributed by atoms with Crippen LogP contribution in [0, 0.1) is 0 Å². The summed E-state index contributed by atoms with van der Waals surface area (Å²) in [5, 5.41) is 16.7. The highest BCUT2D eigenvalue weighted by Gasteiger charge is 2.13. The van der Waals surface area contributed by atoms with Gasteiger partial charge in [-0.2, -0.15) is 0 Å². The number of aliphatic hydroxyl groups excluding tert-OH is 1. The second-order valence-electron chi connectivity index (χ2n) is 6.26. The smallest absolute Gasteiger partial charge is 0.240 e. The maximum Gasteiger partial charge on any atom is 0.240 e. The topological polar surface area (TPSA) is 103 Å². The minimum absolute atomic E-state index is 0. The van der Waals surface area contributed by atoms with Crippen molar-refractivity contribution in [3.8, 4) is 0 Å². The Hall–Kier alpha value is -1.40. The number of aliphatic imine (C=N–C) groups is 1. The maximum absolute atomic E-state index is 12.3. The first-order valence-corrected chi connectivity index (χ1v) is 11.3. The number of hydrogen-bond donors (Lipinski definition) is 4. The lowest BCUT2D eigenvalue weighted by Crippen LogP contribution is -2.41. The van der Waals surface area contributed by atoms with Gasteiger partial charge in [0.15, 0.2) is 5.96 Å². The molecule has 0 aliphatic heterocycles. The lowest BCUT2D eigenvalue weighted by atomic mass is 10.1. The highest BCUT2D eigenvalue weighted by atomic mass is 127. The first-order valence-electron chi connectivity index (χ1n) is 9.43. The molecule has 166 valence electrons. The SMILES string of the molecule is CCNC(=NCCC(O)c1ccccc1)NCCNS(=O)(=O)c1cccc(Cl)c1.I. The molecule has 4 N–H and O–H groups in total. The van der Waals surface area contributed by atoms with Crippen molar-refractivity contribution in [2.75, 3.05) is 26.2 Å². The average molecular weight is 567 g/mol. The molecule has 30 heavy (non-hydrogen) atoms. The van der Waals surface area contributed by atoms with E-state index in [0.29, 0.717) is 37.0 Å². The predicted molar refractivity (Wildman–Crippen MR) is 132 cm³/mol. The van der Waals surface area contributed by atoms with Gasteiger partial charge in [0.2, 0.25) is 10.0 Å². The largest absolute Gasteiger partial charge is 0.388 e. The van der Waals surface area contributed by atoms with Crippen LogP contribution >= 0.6 is 35.6 Å². The van der Waals surface area contributed by atoms with Gasteiger partial charge in [-0.15, -0.1) is 24.0 Å². The molecule has 0 saturated carbocycles. The quantitative estimate of drug-likeness (QED) is 0.153. The molecule has 1 unspecified atom stereocenters. The maximum atomic E-state index is 12.3. The average Bonchev–Trinajstić information content (AvgIpc) is 2.71. The Morgan fingerprint density at radius 3 is 2.50 bits per heavy atom. The number of nitrogens with zero attached hydrogens (tertiary/aromatic N) is 1. The van der Waals surface area contributed by atoms with Crippen molar-refractivity contribution in [3.05, 3.63) is 65.2 Å². The molecule has 2 aromatic rings. The molecular formula is C20H28ClIN4O3S. The van der Waals surface area contributed by atoms with Crippen LogP contribution < -0.4 is 15.4 Å². The van der Waals surface area contributed by atoms with Gasteiger partial charge in [-0.25, -0.2) is 13.1 Å². The fourth-order valence-corrected chi connectivity index (χ4v) is 3.90. The van der Waals surface area contributed by atoms with Crippen molar-refractivity contribution >= 4 is 51.6 Å². The van der Waals surface area contributed by atoms with E-state index in [1.54, 1.807) is 12.1 Å². The zero-order valence-electron chi connectivity index (χ0n) is 16.7. The molecule has 0 radical (unpaired) electrons. The van der Waals surface area contributed by atoms with Gasteiger partial charge in [-0.3, -0.25) is 4.99 Å². The summed E-state index contributed by atoms with van der Waals surface area (Å²) in [6.45, 7) is 3.58. The Morgan fingerprint density at radius 2 is 1.83 bits per heavy atom. The molecular weight excluding hydrogens is 539 g/mol. The van der Waals surface area contributed by atoms with Crippen LogP contribution in [0.2, 0.25) is 5.02 Å². The van der Waals surface area contributed by atoms with E-state index >= 15 is 0 Å². The Kier molecular flexibility index (Phi) is 12.3. The summed E-state index contributed by atoms with van der Waals surface area (Å²) in [5.74, 6) is 0.565. The molecule has 0 aliphatic carbocycles. The van der Waals surface area contributed by atoms with E-state index in [4.69, 9.17) is 11.6 Å². The monoisotopic (exact) mass is 566 g/mol. The van der Waals surface area contributed by atoms with Gasteiger partial charge >= 0.3 is 0 Å². The van der Waals surface area contributed by atoms with Crippen LogP contribution in [0.5, 0.6) is 0 Å². The molecule has 2 aromatic carbocycles. The molecule has 0 fully saturated rings. The van der Waals surface area contributed by atoms with Crippen LogP contribution in [0.15, 0.2) is 64.5 Å². The molecule has 0 spiro atoms. The number of sulfonamides is 1. The number of halogens is 2. The first-order chi connectivity index (χ1) is 13.9. The number of guanidine groups is 1. The summed E-state index contributed by atoms with van der Waals surface area (Å²) in [5.41, 5.74) is 0.857. The van der Waals surface area contributed by atoms with Crippen LogP contribution in [-0.4, -0.2) is 45.7 Å². The normalized spacial score (nSPS) is 12.7. The van der Waals surface area contributed by atoms with Gasteiger partial charge in [-0.05, 0) is 37.1 Å². The third-order valence-electron chi connectivity index (χ3n) is 4.02. The van der Waals surface area contributed by atoms with Crippen LogP contribution in [0.1, 0.15) is 25.0 Å². The van der Waals surface area contributed by atoms with E-state index in [1.807, 2.05) is 37.3 Å². The zero-order valence-corrected chi connectivity index (χ0v) is 20.6. The first kappa shape index (κ1) is 26.6. The van der Waals surface area contributed by atoms with Crippen LogP contribution in [0.3, 0.4) is 0 Å². The van der Waals surface area contributed by atoms with Gasteiger partial charge in [-0.1, -0.05) is 48.0 Å². The Labute approximate surface area is 200 Å². The summed E-state index contributed by atoms with van der Waals surface area (Å²) in [6, 6.07) is 15.5. The van der Waals surface area contributed by atoms with E-state index in [2.05, 4.69) is 20.3 Å². The van der Waals surface area contributed by atoms with Gasteiger partial charge in [0, 0.05) is 31.2 Å². The van der Waals surface area contributed by atoms with Crippen molar-refractivity contribution in [1.82, 2.24) is 15.4 Å². The van der Waals surface area contributed by atoms with Crippen LogP contribution in [-0.2, 0) is 10.0 Å². The second-order valence-corrected chi connectivity index (χ2v) is 8.46. The highest BCUT2D eigenvalue weighted by Crippen LogP contribution is 2.16. The number of aliphatic hydroxyl groups is 1. The van der Waals surface area contributed by atoms with Crippen molar-refractivity contribution < 1.29 is 13.5 Å². The van der Waals surface area contributed by atoms with E-state index in [9.17, 15) is 13.5 Å². The molecule has 1 atom stereocenters. The number of benzene rings is 2. The van der Waals surface area contributed by atoms with Crippen LogP contribution in [0.25, 0.3) is 0 Å². The Bertz CT molecular complexity index is 898. The third kappa shape index (κ3) is 9.17. The van der Waals surface area contributed by atoms with E-state index in [-0.39, 0.29) is 35.4 Å².